The van der Waals surface area contributed by atoms with E-state index in [-0.39, 0.29) is 11.7 Å². The smallest absolute Gasteiger partial charge is 0.338 e. The largest absolute Gasteiger partial charge is 0.451 e. The number of anilines is 1. The number of Topliss-reactive ketones (excluding diaryl/α,β-unsaturated/α-hetero) is 1. The molecule has 1 aliphatic heterocycles. The minimum Gasteiger partial charge on any atom is -0.451 e. The standard InChI is InChI=1S/C21H21NO4/c1-12-4-5-13(2)17(10-12)20(24)14(3)26-21(25)16-6-8-18-15(11-16)7-9-19(23)22-18/h4-6,8,10-11,14H,7,9H2,1-3H3,(H,22,23)/t14-/m0/s1. The molecule has 1 aliphatic rings. The molecule has 0 bridgehead atoms. The second kappa shape index (κ2) is 7.12. The zero-order valence-electron chi connectivity index (χ0n) is 15.1. The Morgan fingerprint density at radius 2 is 1.85 bits per heavy atom. The molecule has 0 aromatic heterocycles. The van der Waals surface area contributed by atoms with Gasteiger partial charge in [0.2, 0.25) is 11.7 Å². The van der Waals surface area contributed by atoms with E-state index < -0.39 is 12.1 Å². The van der Waals surface area contributed by atoms with E-state index in [4.69, 9.17) is 4.74 Å². The topological polar surface area (TPSA) is 72.5 Å². The Labute approximate surface area is 152 Å². The van der Waals surface area contributed by atoms with E-state index in [2.05, 4.69) is 5.32 Å². The molecule has 5 nitrogen and oxygen atoms in total. The van der Waals surface area contributed by atoms with Crippen molar-refractivity contribution in [3.05, 3.63) is 64.2 Å². The highest BCUT2D eigenvalue weighted by atomic mass is 16.5. The van der Waals surface area contributed by atoms with Gasteiger partial charge < -0.3 is 10.1 Å². The fourth-order valence-corrected chi connectivity index (χ4v) is 3.01. The average Bonchev–Trinajstić information content (AvgIpc) is 2.62. The van der Waals surface area contributed by atoms with Crippen LogP contribution in [0.4, 0.5) is 5.69 Å². The van der Waals surface area contributed by atoms with Crippen LogP contribution in [0.3, 0.4) is 0 Å². The van der Waals surface area contributed by atoms with Gasteiger partial charge in [-0.05, 0) is 62.6 Å². The van der Waals surface area contributed by atoms with Crippen LogP contribution < -0.4 is 5.32 Å². The first-order chi connectivity index (χ1) is 12.3. The molecule has 0 fully saturated rings. The number of carbonyl (C=O) groups is 3. The SMILES string of the molecule is Cc1ccc(C)c(C(=O)[C@H](C)OC(=O)c2ccc3c(c2)CCC(=O)N3)c1. The Hall–Kier alpha value is -2.95. The van der Waals surface area contributed by atoms with Gasteiger partial charge in [-0.1, -0.05) is 17.7 Å². The number of hydrogen-bond acceptors (Lipinski definition) is 4. The Bertz CT molecular complexity index is 901. The zero-order chi connectivity index (χ0) is 18.8. The summed E-state index contributed by atoms with van der Waals surface area (Å²) in [5.41, 5.74) is 4.39. The fraction of sp³-hybridized carbons (Fsp3) is 0.286. The molecular formula is C21H21NO4. The Morgan fingerprint density at radius 1 is 1.08 bits per heavy atom. The number of rotatable bonds is 4. The van der Waals surface area contributed by atoms with Crippen molar-refractivity contribution in [3.8, 4) is 0 Å². The lowest BCUT2D eigenvalue weighted by Crippen LogP contribution is -2.25. The maximum absolute atomic E-state index is 12.6. The predicted molar refractivity (Wildman–Crippen MR) is 98.5 cm³/mol. The highest BCUT2D eigenvalue weighted by Crippen LogP contribution is 2.24. The van der Waals surface area contributed by atoms with Crippen LogP contribution >= 0.6 is 0 Å². The van der Waals surface area contributed by atoms with Crippen molar-refractivity contribution in [3.63, 3.8) is 0 Å². The normalized spacial score (nSPS) is 14.2. The Kier molecular flexibility index (Phi) is 4.89. The van der Waals surface area contributed by atoms with Crippen molar-refractivity contribution < 1.29 is 19.1 Å². The molecule has 2 aromatic rings. The first-order valence-corrected chi connectivity index (χ1v) is 8.60. The van der Waals surface area contributed by atoms with E-state index in [1.807, 2.05) is 32.0 Å². The van der Waals surface area contributed by atoms with Gasteiger partial charge in [0.05, 0.1) is 5.56 Å². The molecule has 5 heteroatoms. The van der Waals surface area contributed by atoms with E-state index in [0.29, 0.717) is 24.0 Å². The monoisotopic (exact) mass is 351 g/mol. The van der Waals surface area contributed by atoms with Gasteiger partial charge in [0.1, 0.15) is 0 Å². The molecule has 134 valence electrons. The number of carbonyl (C=O) groups excluding carboxylic acids is 3. The van der Waals surface area contributed by atoms with Crippen molar-refractivity contribution in [2.45, 2.75) is 39.7 Å². The summed E-state index contributed by atoms with van der Waals surface area (Å²) in [6.07, 6.45) is 0.102. The highest BCUT2D eigenvalue weighted by molar-refractivity contribution is 6.02. The number of fused-ring (bicyclic) bond motifs is 1. The van der Waals surface area contributed by atoms with Crippen LogP contribution in [-0.2, 0) is 16.0 Å². The third-order valence-corrected chi connectivity index (χ3v) is 4.55. The summed E-state index contributed by atoms with van der Waals surface area (Å²) in [7, 11) is 0. The number of amides is 1. The van der Waals surface area contributed by atoms with Crippen molar-refractivity contribution in [1.82, 2.24) is 0 Å². The number of aryl methyl sites for hydroxylation is 3. The average molecular weight is 351 g/mol. The number of ketones is 1. The van der Waals surface area contributed by atoms with E-state index >= 15 is 0 Å². The first-order valence-electron chi connectivity index (χ1n) is 8.60. The van der Waals surface area contributed by atoms with E-state index in [1.165, 1.54) is 0 Å². The zero-order valence-corrected chi connectivity index (χ0v) is 15.1. The minimum absolute atomic E-state index is 0.0273. The second-order valence-electron chi connectivity index (χ2n) is 6.65. The molecular weight excluding hydrogens is 330 g/mol. The summed E-state index contributed by atoms with van der Waals surface area (Å²) >= 11 is 0. The summed E-state index contributed by atoms with van der Waals surface area (Å²) < 4.78 is 5.38. The summed E-state index contributed by atoms with van der Waals surface area (Å²) in [5, 5.41) is 2.77. The molecule has 0 aliphatic carbocycles. The predicted octanol–water partition coefficient (Wildman–Crippen LogP) is 3.62. The van der Waals surface area contributed by atoms with Crippen molar-refractivity contribution in [2.24, 2.45) is 0 Å². The molecule has 2 aromatic carbocycles. The van der Waals surface area contributed by atoms with E-state index in [9.17, 15) is 14.4 Å². The first kappa shape index (κ1) is 17.9. The van der Waals surface area contributed by atoms with Gasteiger partial charge in [0.25, 0.3) is 0 Å². The molecule has 1 N–H and O–H groups in total. The Balaban J connectivity index is 1.74. The maximum Gasteiger partial charge on any atom is 0.338 e. The quantitative estimate of drug-likeness (QED) is 0.674. The van der Waals surface area contributed by atoms with E-state index in [0.717, 1.165) is 22.4 Å². The Morgan fingerprint density at radius 3 is 2.62 bits per heavy atom. The lowest BCUT2D eigenvalue weighted by molar-refractivity contribution is -0.116. The minimum atomic E-state index is -0.876. The van der Waals surface area contributed by atoms with Crippen molar-refractivity contribution in [2.75, 3.05) is 5.32 Å². The lowest BCUT2D eigenvalue weighted by Gasteiger charge is -2.18. The maximum atomic E-state index is 12.6. The van der Waals surface area contributed by atoms with Crippen LogP contribution in [-0.4, -0.2) is 23.8 Å². The van der Waals surface area contributed by atoms with Crippen LogP contribution in [0.1, 0.15) is 50.8 Å². The number of ether oxygens (including phenoxy) is 1. The lowest BCUT2D eigenvalue weighted by atomic mass is 9.99. The summed E-state index contributed by atoms with van der Waals surface area (Å²) in [6, 6.07) is 10.6. The molecule has 1 atom stereocenters. The number of benzene rings is 2. The van der Waals surface area contributed by atoms with Crippen molar-refractivity contribution in [1.29, 1.82) is 0 Å². The van der Waals surface area contributed by atoms with Crippen molar-refractivity contribution >= 4 is 23.3 Å². The van der Waals surface area contributed by atoms with Gasteiger partial charge in [-0.15, -0.1) is 0 Å². The number of nitrogens with one attached hydrogen (secondary N) is 1. The van der Waals surface area contributed by atoms with Crippen LogP contribution in [0.2, 0.25) is 0 Å². The van der Waals surface area contributed by atoms with Crippen LogP contribution in [0.5, 0.6) is 0 Å². The van der Waals surface area contributed by atoms with Gasteiger partial charge in [0, 0.05) is 17.7 Å². The van der Waals surface area contributed by atoms with Crippen LogP contribution in [0.25, 0.3) is 0 Å². The van der Waals surface area contributed by atoms with Gasteiger partial charge >= 0.3 is 5.97 Å². The molecule has 1 heterocycles. The third kappa shape index (κ3) is 3.67. The molecule has 0 saturated heterocycles. The van der Waals surface area contributed by atoms with Gasteiger partial charge in [0.15, 0.2) is 6.10 Å². The van der Waals surface area contributed by atoms with Crippen LogP contribution in [0.15, 0.2) is 36.4 Å². The van der Waals surface area contributed by atoms with Gasteiger partial charge in [-0.25, -0.2) is 4.79 Å². The number of hydrogen-bond donors (Lipinski definition) is 1. The highest BCUT2D eigenvalue weighted by Gasteiger charge is 2.23. The third-order valence-electron chi connectivity index (χ3n) is 4.55. The molecule has 26 heavy (non-hydrogen) atoms. The van der Waals surface area contributed by atoms with Gasteiger partial charge in [-0.2, -0.15) is 0 Å². The van der Waals surface area contributed by atoms with E-state index in [1.54, 1.807) is 25.1 Å². The summed E-state index contributed by atoms with van der Waals surface area (Å²) in [5.74, 6) is -0.791. The molecule has 0 saturated carbocycles. The molecule has 1 amide bonds. The molecule has 3 rings (SSSR count). The number of esters is 1. The molecule has 0 spiro atoms. The fourth-order valence-electron chi connectivity index (χ4n) is 3.01. The van der Waals surface area contributed by atoms with Gasteiger partial charge in [-0.3, -0.25) is 9.59 Å². The molecule has 0 radical (unpaired) electrons. The second-order valence-corrected chi connectivity index (χ2v) is 6.65. The summed E-state index contributed by atoms with van der Waals surface area (Å²) in [4.78, 5) is 36.5. The summed E-state index contributed by atoms with van der Waals surface area (Å²) in [6.45, 7) is 5.36. The van der Waals surface area contributed by atoms with Crippen LogP contribution in [0, 0.1) is 13.8 Å². The molecule has 0 unspecified atom stereocenters.